The number of thiophene rings is 1. The van der Waals surface area contributed by atoms with Crippen LogP contribution in [0.2, 0.25) is 0 Å². The molecular formula is C18H15N3O2S. The molecule has 2 heterocycles. The van der Waals surface area contributed by atoms with Gasteiger partial charge in [-0.2, -0.15) is 0 Å². The van der Waals surface area contributed by atoms with E-state index in [0.29, 0.717) is 9.88 Å². The Kier molecular flexibility index (Phi) is 3.74. The molecule has 0 radical (unpaired) electrons. The molecule has 1 aromatic carbocycles. The van der Waals surface area contributed by atoms with E-state index in [9.17, 15) is 9.59 Å². The predicted octanol–water partition coefficient (Wildman–Crippen LogP) is 3.90. The van der Waals surface area contributed by atoms with Gasteiger partial charge in [-0.3, -0.25) is 14.6 Å². The maximum atomic E-state index is 12.4. The third kappa shape index (κ3) is 3.14. The standard InChI is InChI=1S/C18H15N3O2S/c22-17(11-3-4-11)21-16-8-7-15(24-16)18(23)20-13-5-6-14-12(10-13)2-1-9-19-14/h1-2,5-11H,3-4H2,(H,20,23)(H,21,22). The Labute approximate surface area is 142 Å². The molecule has 5 nitrogen and oxygen atoms in total. The number of anilines is 2. The summed E-state index contributed by atoms with van der Waals surface area (Å²) in [6.45, 7) is 0. The van der Waals surface area contributed by atoms with E-state index in [4.69, 9.17) is 0 Å². The van der Waals surface area contributed by atoms with Crippen molar-refractivity contribution in [1.82, 2.24) is 4.98 Å². The lowest BCUT2D eigenvalue weighted by Crippen LogP contribution is -2.12. The van der Waals surface area contributed by atoms with Crippen LogP contribution in [0.15, 0.2) is 48.7 Å². The van der Waals surface area contributed by atoms with Gasteiger partial charge in [0.2, 0.25) is 5.91 Å². The maximum Gasteiger partial charge on any atom is 0.265 e. The molecule has 24 heavy (non-hydrogen) atoms. The minimum Gasteiger partial charge on any atom is -0.321 e. The first kappa shape index (κ1) is 14.8. The molecule has 120 valence electrons. The first-order chi connectivity index (χ1) is 11.7. The normalized spacial score (nSPS) is 13.7. The van der Waals surface area contributed by atoms with Gasteiger partial charge in [0.15, 0.2) is 0 Å². The van der Waals surface area contributed by atoms with Crippen LogP contribution in [-0.2, 0) is 4.79 Å². The summed E-state index contributed by atoms with van der Waals surface area (Å²) in [5.41, 5.74) is 1.61. The van der Waals surface area contributed by atoms with Gasteiger partial charge in [0, 0.05) is 23.2 Å². The third-order valence-electron chi connectivity index (χ3n) is 3.89. The predicted molar refractivity (Wildman–Crippen MR) is 95.4 cm³/mol. The smallest absolute Gasteiger partial charge is 0.265 e. The zero-order valence-electron chi connectivity index (χ0n) is 12.8. The summed E-state index contributed by atoms with van der Waals surface area (Å²) in [4.78, 5) is 28.9. The summed E-state index contributed by atoms with van der Waals surface area (Å²) in [7, 11) is 0. The second-order valence-electron chi connectivity index (χ2n) is 5.79. The quantitative estimate of drug-likeness (QED) is 0.758. The number of amides is 2. The van der Waals surface area contributed by atoms with Gasteiger partial charge in [0.05, 0.1) is 15.4 Å². The van der Waals surface area contributed by atoms with Crippen molar-refractivity contribution in [2.75, 3.05) is 10.6 Å². The van der Waals surface area contributed by atoms with Crippen LogP contribution >= 0.6 is 11.3 Å². The average molecular weight is 337 g/mol. The minimum atomic E-state index is -0.185. The molecule has 2 amide bonds. The van der Waals surface area contributed by atoms with E-state index in [1.54, 1.807) is 18.3 Å². The minimum absolute atomic E-state index is 0.0471. The molecule has 2 N–H and O–H groups in total. The Balaban J connectivity index is 1.46. The van der Waals surface area contributed by atoms with Gasteiger partial charge in [0.25, 0.3) is 5.91 Å². The van der Waals surface area contributed by atoms with Gasteiger partial charge in [-0.15, -0.1) is 11.3 Å². The lowest BCUT2D eigenvalue weighted by Gasteiger charge is -2.05. The number of hydrogen-bond acceptors (Lipinski definition) is 4. The Hall–Kier alpha value is -2.73. The van der Waals surface area contributed by atoms with Crippen molar-refractivity contribution in [2.45, 2.75) is 12.8 Å². The number of nitrogens with zero attached hydrogens (tertiary/aromatic N) is 1. The van der Waals surface area contributed by atoms with E-state index in [0.717, 1.165) is 29.4 Å². The van der Waals surface area contributed by atoms with Gasteiger partial charge >= 0.3 is 0 Å². The van der Waals surface area contributed by atoms with Gasteiger partial charge < -0.3 is 10.6 Å². The van der Waals surface area contributed by atoms with Crippen molar-refractivity contribution in [3.63, 3.8) is 0 Å². The van der Waals surface area contributed by atoms with Crippen molar-refractivity contribution in [1.29, 1.82) is 0 Å². The highest BCUT2D eigenvalue weighted by Crippen LogP contribution is 2.31. The topological polar surface area (TPSA) is 71.1 Å². The molecule has 0 saturated heterocycles. The van der Waals surface area contributed by atoms with E-state index < -0.39 is 0 Å². The number of nitrogens with one attached hydrogen (secondary N) is 2. The summed E-state index contributed by atoms with van der Waals surface area (Å²) in [6.07, 6.45) is 3.66. The van der Waals surface area contributed by atoms with E-state index in [-0.39, 0.29) is 17.7 Å². The summed E-state index contributed by atoms with van der Waals surface area (Å²) in [5, 5.41) is 7.42. The van der Waals surface area contributed by atoms with E-state index >= 15 is 0 Å². The molecule has 0 atom stereocenters. The van der Waals surface area contributed by atoms with Crippen molar-refractivity contribution in [2.24, 2.45) is 5.92 Å². The summed E-state index contributed by atoms with van der Waals surface area (Å²) < 4.78 is 0. The van der Waals surface area contributed by atoms with Gasteiger partial charge in [-0.05, 0) is 49.2 Å². The molecule has 1 aliphatic rings. The number of carbonyl (C=O) groups excluding carboxylic acids is 2. The second-order valence-corrected chi connectivity index (χ2v) is 6.88. The number of hydrogen-bond donors (Lipinski definition) is 2. The van der Waals surface area contributed by atoms with Crippen LogP contribution in [0.4, 0.5) is 10.7 Å². The molecular weight excluding hydrogens is 322 g/mol. The van der Waals surface area contributed by atoms with Crippen molar-refractivity contribution < 1.29 is 9.59 Å². The number of benzene rings is 1. The maximum absolute atomic E-state index is 12.4. The fourth-order valence-corrected chi connectivity index (χ4v) is 3.25. The average Bonchev–Trinajstić information content (AvgIpc) is 3.34. The second kappa shape index (κ2) is 6.05. The number of aromatic nitrogens is 1. The molecule has 2 aromatic heterocycles. The molecule has 1 fully saturated rings. The fourth-order valence-electron chi connectivity index (χ4n) is 2.44. The Bertz CT molecular complexity index is 931. The van der Waals surface area contributed by atoms with E-state index in [1.165, 1.54) is 11.3 Å². The van der Waals surface area contributed by atoms with Crippen LogP contribution in [0.3, 0.4) is 0 Å². The van der Waals surface area contributed by atoms with Crippen LogP contribution in [-0.4, -0.2) is 16.8 Å². The third-order valence-corrected chi connectivity index (χ3v) is 4.88. The molecule has 0 unspecified atom stereocenters. The summed E-state index contributed by atoms with van der Waals surface area (Å²) in [6, 6.07) is 12.9. The van der Waals surface area contributed by atoms with Crippen LogP contribution in [0.25, 0.3) is 10.9 Å². The van der Waals surface area contributed by atoms with Crippen LogP contribution < -0.4 is 10.6 Å². The van der Waals surface area contributed by atoms with Gasteiger partial charge in [-0.25, -0.2) is 0 Å². The van der Waals surface area contributed by atoms with Crippen LogP contribution in [0.1, 0.15) is 22.5 Å². The number of rotatable bonds is 4. The van der Waals surface area contributed by atoms with Crippen molar-refractivity contribution in [3.05, 3.63) is 53.5 Å². The number of carbonyl (C=O) groups is 2. The Morgan fingerprint density at radius 1 is 1.08 bits per heavy atom. The summed E-state index contributed by atoms with van der Waals surface area (Å²) in [5.74, 6) is 0.0107. The molecule has 1 saturated carbocycles. The van der Waals surface area contributed by atoms with Gasteiger partial charge in [-0.1, -0.05) is 6.07 Å². The summed E-state index contributed by atoms with van der Waals surface area (Å²) >= 11 is 1.28. The molecule has 0 aliphatic heterocycles. The highest BCUT2D eigenvalue weighted by Gasteiger charge is 2.29. The lowest BCUT2D eigenvalue weighted by atomic mass is 10.2. The van der Waals surface area contributed by atoms with Crippen molar-refractivity contribution >= 4 is 44.7 Å². The Morgan fingerprint density at radius 3 is 2.79 bits per heavy atom. The molecule has 0 bridgehead atoms. The Morgan fingerprint density at radius 2 is 1.96 bits per heavy atom. The highest BCUT2D eigenvalue weighted by atomic mass is 32.1. The van der Waals surface area contributed by atoms with E-state index in [2.05, 4.69) is 15.6 Å². The monoisotopic (exact) mass is 337 g/mol. The zero-order chi connectivity index (χ0) is 16.5. The molecule has 3 aromatic rings. The highest BCUT2D eigenvalue weighted by molar-refractivity contribution is 7.18. The molecule has 4 rings (SSSR count). The number of fused-ring (bicyclic) bond motifs is 1. The first-order valence-corrected chi connectivity index (χ1v) is 8.57. The molecule has 6 heteroatoms. The fraction of sp³-hybridized carbons (Fsp3) is 0.167. The van der Waals surface area contributed by atoms with Crippen molar-refractivity contribution in [3.8, 4) is 0 Å². The molecule has 0 spiro atoms. The zero-order valence-corrected chi connectivity index (χ0v) is 13.6. The van der Waals surface area contributed by atoms with Crippen LogP contribution in [0.5, 0.6) is 0 Å². The SMILES string of the molecule is O=C(Nc1ccc2ncccc2c1)c1ccc(NC(=O)C2CC2)s1. The van der Waals surface area contributed by atoms with E-state index in [1.807, 2.05) is 30.3 Å². The van der Waals surface area contributed by atoms with Gasteiger partial charge in [0.1, 0.15) is 0 Å². The van der Waals surface area contributed by atoms with Crippen LogP contribution in [0, 0.1) is 5.92 Å². The lowest BCUT2D eigenvalue weighted by molar-refractivity contribution is -0.117. The molecule has 1 aliphatic carbocycles. The number of pyridine rings is 1. The first-order valence-electron chi connectivity index (χ1n) is 7.76. The largest absolute Gasteiger partial charge is 0.321 e.